The van der Waals surface area contributed by atoms with Crippen LogP contribution in [0, 0.1) is 0 Å². The first-order valence-electron chi connectivity index (χ1n) is 5.01. The summed E-state index contributed by atoms with van der Waals surface area (Å²) in [6.45, 7) is 0.684. The average Bonchev–Trinajstić information content (AvgIpc) is 2.82. The third-order valence-electron chi connectivity index (χ3n) is 2.09. The molecule has 2 heterocycles. The van der Waals surface area contributed by atoms with Crippen molar-refractivity contribution in [2.45, 2.75) is 6.42 Å². The SMILES string of the molecule is NC(=S)c1cc(NCCc2ncno2)ccn1. The zero-order valence-corrected chi connectivity index (χ0v) is 9.78. The van der Waals surface area contributed by atoms with Crippen LogP contribution in [0.3, 0.4) is 0 Å². The van der Waals surface area contributed by atoms with Gasteiger partial charge in [-0.05, 0) is 12.1 Å². The average molecular weight is 249 g/mol. The van der Waals surface area contributed by atoms with Gasteiger partial charge in [0.25, 0.3) is 0 Å². The molecule has 2 aromatic heterocycles. The standard InChI is InChI=1S/C10H11N5OS/c11-10(17)8-5-7(1-3-13-8)12-4-2-9-14-6-15-16-9/h1,3,5-6H,2,4H2,(H2,11,17)(H,12,13). The maximum atomic E-state index is 5.50. The number of anilines is 1. The molecule has 0 atom stereocenters. The molecule has 0 unspecified atom stereocenters. The molecule has 0 saturated carbocycles. The molecule has 0 aliphatic rings. The van der Waals surface area contributed by atoms with Gasteiger partial charge in [-0.15, -0.1) is 0 Å². The highest BCUT2D eigenvalue weighted by Gasteiger charge is 2.01. The summed E-state index contributed by atoms with van der Waals surface area (Å²) < 4.78 is 4.88. The first-order valence-corrected chi connectivity index (χ1v) is 5.42. The summed E-state index contributed by atoms with van der Waals surface area (Å²) >= 11 is 4.85. The molecule has 0 spiro atoms. The highest BCUT2D eigenvalue weighted by molar-refractivity contribution is 7.80. The summed E-state index contributed by atoms with van der Waals surface area (Å²) in [4.78, 5) is 8.26. The molecule has 0 bridgehead atoms. The van der Waals surface area contributed by atoms with Gasteiger partial charge in [0.05, 0.1) is 5.69 Å². The van der Waals surface area contributed by atoms with Crippen molar-refractivity contribution < 1.29 is 4.52 Å². The third-order valence-corrected chi connectivity index (χ3v) is 2.30. The van der Waals surface area contributed by atoms with Crippen LogP contribution in [0.4, 0.5) is 5.69 Å². The fraction of sp³-hybridized carbons (Fsp3) is 0.200. The second kappa shape index (κ2) is 5.35. The molecule has 3 N–H and O–H groups in total. The molecule has 0 fully saturated rings. The molecule has 0 aliphatic heterocycles. The van der Waals surface area contributed by atoms with Crippen molar-refractivity contribution in [3.8, 4) is 0 Å². The predicted molar refractivity (Wildman–Crippen MR) is 66.6 cm³/mol. The minimum atomic E-state index is 0.283. The number of thiocarbonyl (C=S) groups is 1. The molecular formula is C10H11N5OS. The minimum Gasteiger partial charge on any atom is -0.388 e. The van der Waals surface area contributed by atoms with E-state index in [4.69, 9.17) is 22.5 Å². The number of nitrogens with two attached hydrogens (primary N) is 1. The molecule has 6 nitrogen and oxygen atoms in total. The molecule has 88 valence electrons. The van der Waals surface area contributed by atoms with Crippen molar-refractivity contribution in [3.63, 3.8) is 0 Å². The molecule has 0 saturated heterocycles. The lowest BCUT2D eigenvalue weighted by Gasteiger charge is -2.05. The van der Waals surface area contributed by atoms with Crippen molar-refractivity contribution in [2.24, 2.45) is 5.73 Å². The fourth-order valence-electron chi connectivity index (χ4n) is 1.30. The van der Waals surface area contributed by atoms with Crippen LogP contribution in [0.15, 0.2) is 29.2 Å². The van der Waals surface area contributed by atoms with Crippen molar-refractivity contribution >= 4 is 22.9 Å². The van der Waals surface area contributed by atoms with E-state index in [0.29, 0.717) is 24.6 Å². The lowest BCUT2D eigenvalue weighted by atomic mass is 10.3. The predicted octanol–water partition coefficient (Wildman–Crippen LogP) is 0.753. The van der Waals surface area contributed by atoms with Gasteiger partial charge < -0.3 is 15.6 Å². The fourth-order valence-corrected chi connectivity index (χ4v) is 1.41. The molecular weight excluding hydrogens is 238 g/mol. The summed E-state index contributed by atoms with van der Waals surface area (Å²) in [5, 5.41) is 6.72. The summed E-state index contributed by atoms with van der Waals surface area (Å²) in [6, 6.07) is 3.64. The van der Waals surface area contributed by atoms with E-state index in [9.17, 15) is 0 Å². The maximum absolute atomic E-state index is 5.50. The Morgan fingerprint density at radius 2 is 2.35 bits per heavy atom. The van der Waals surface area contributed by atoms with Gasteiger partial charge >= 0.3 is 0 Å². The summed E-state index contributed by atoms with van der Waals surface area (Å²) in [7, 11) is 0. The van der Waals surface area contributed by atoms with Crippen LogP contribution in [0.2, 0.25) is 0 Å². The number of hydrogen-bond donors (Lipinski definition) is 2. The Kier molecular flexibility index (Phi) is 3.61. The number of nitrogens with zero attached hydrogens (tertiary/aromatic N) is 3. The zero-order valence-electron chi connectivity index (χ0n) is 8.96. The van der Waals surface area contributed by atoms with Crippen LogP contribution < -0.4 is 11.1 Å². The van der Waals surface area contributed by atoms with Gasteiger partial charge in [0.1, 0.15) is 4.99 Å². The Bertz CT molecular complexity index is 499. The van der Waals surface area contributed by atoms with E-state index in [1.807, 2.05) is 6.07 Å². The van der Waals surface area contributed by atoms with Crippen LogP contribution in [0.5, 0.6) is 0 Å². The van der Waals surface area contributed by atoms with Crippen molar-refractivity contribution in [3.05, 3.63) is 36.2 Å². The normalized spacial score (nSPS) is 10.1. The smallest absolute Gasteiger partial charge is 0.228 e. The Morgan fingerprint density at radius 1 is 1.47 bits per heavy atom. The Morgan fingerprint density at radius 3 is 3.06 bits per heavy atom. The first-order chi connectivity index (χ1) is 8.25. The molecule has 7 heteroatoms. The van der Waals surface area contributed by atoms with E-state index in [0.717, 1.165) is 5.69 Å². The highest BCUT2D eigenvalue weighted by atomic mass is 32.1. The zero-order chi connectivity index (χ0) is 12.1. The number of nitrogens with one attached hydrogen (secondary N) is 1. The molecule has 0 aliphatic carbocycles. The summed E-state index contributed by atoms with van der Waals surface area (Å²) in [5.74, 6) is 0.598. The van der Waals surface area contributed by atoms with E-state index in [-0.39, 0.29) is 4.99 Å². The van der Waals surface area contributed by atoms with Crippen molar-refractivity contribution in [1.82, 2.24) is 15.1 Å². The molecule has 2 aromatic rings. The van der Waals surface area contributed by atoms with Gasteiger partial charge in [0.2, 0.25) is 5.89 Å². The van der Waals surface area contributed by atoms with Crippen LogP contribution in [0.1, 0.15) is 11.6 Å². The number of rotatable bonds is 5. The van der Waals surface area contributed by atoms with Gasteiger partial charge in [0.15, 0.2) is 6.33 Å². The number of hydrogen-bond acceptors (Lipinski definition) is 6. The van der Waals surface area contributed by atoms with Crippen LogP contribution >= 0.6 is 12.2 Å². The van der Waals surface area contributed by atoms with Gasteiger partial charge in [0, 0.05) is 24.8 Å². The molecule has 0 amide bonds. The largest absolute Gasteiger partial charge is 0.388 e. The number of pyridine rings is 1. The molecule has 0 aromatic carbocycles. The van der Waals surface area contributed by atoms with E-state index in [2.05, 4.69) is 20.4 Å². The van der Waals surface area contributed by atoms with Crippen molar-refractivity contribution in [2.75, 3.05) is 11.9 Å². The van der Waals surface area contributed by atoms with E-state index < -0.39 is 0 Å². The van der Waals surface area contributed by atoms with E-state index in [1.54, 1.807) is 12.3 Å². The second-order valence-corrected chi connectivity index (χ2v) is 3.75. The van der Waals surface area contributed by atoms with E-state index >= 15 is 0 Å². The van der Waals surface area contributed by atoms with Crippen LogP contribution in [-0.4, -0.2) is 26.7 Å². The van der Waals surface area contributed by atoms with Gasteiger partial charge in [-0.2, -0.15) is 4.98 Å². The van der Waals surface area contributed by atoms with Gasteiger partial charge in [-0.3, -0.25) is 4.98 Å². The van der Waals surface area contributed by atoms with E-state index in [1.165, 1.54) is 6.33 Å². The van der Waals surface area contributed by atoms with Crippen molar-refractivity contribution in [1.29, 1.82) is 0 Å². The molecule has 2 rings (SSSR count). The molecule has 0 radical (unpaired) electrons. The quantitative estimate of drug-likeness (QED) is 0.756. The van der Waals surface area contributed by atoms with Gasteiger partial charge in [-0.1, -0.05) is 17.4 Å². The minimum absolute atomic E-state index is 0.283. The third kappa shape index (κ3) is 3.22. The Hall–Kier alpha value is -2.02. The lowest BCUT2D eigenvalue weighted by molar-refractivity contribution is 0.380. The highest BCUT2D eigenvalue weighted by Crippen LogP contribution is 2.07. The van der Waals surface area contributed by atoms with Gasteiger partial charge in [-0.25, -0.2) is 0 Å². The summed E-state index contributed by atoms with van der Waals surface area (Å²) in [6.07, 6.45) is 3.70. The molecule has 17 heavy (non-hydrogen) atoms. The number of aromatic nitrogens is 3. The Labute approximate surface area is 103 Å². The topological polar surface area (TPSA) is 89.9 Å². The van der Waals surface area contributed by atoms with Crippen LogP contribution in [0.25, 0.3) is 0 Å². The van der Waals surface area contributed by atoms with Crippen LogP contribution in [-0.2, 0) is 6.42 Å². The summed E-state index contributed by atoms with van der Waals surface area (Å²) in [5.41, 5.74) is 7.00. The maximum Gasteiger partial charge on any atom is 0.228 e. The second-order valence-electron chi connectivity index (χ2n) is 3.31. The first kappa shape index (κ1) is 11.5. The monoisotopic (exact) mass is 249 g/mol. The Balaban J connectivity index is 1.90. The lowest BCUT2D eigenvalue weighted by Crippen LogP contribution is -2.12.